The summed E-state index contributed by atoms with van der Waals surface area (Å²) in [4.78, 5) is 31.6. The van der Waals surface area contributed by atoms with Crippen molar-refractivity contribution in [1.82, 2.24) is 4.90 Å². The molecule has 0 aromatic heterocycles. The summed E-state index contributed by atoms with van der Waals surface area (Å²) in [5.74, 6) is 0.0231. The van der Waals surface area contributed by atoms with Gasteiger partial charge in [0.1, 0.15) is 5.84 Å². The number of hydrogen-bond donors (Lipinski definition) is 2. The molecule has 0 saturated heterocycles. The van der Waals surface area contributed by atoms with E-state index >= 15 is 0 Å². The number of carbonyl (C=O) groups is 2. The fourth-order valence-electron chi connectivity index (χ4n) is 4.07. The summed E-state index contributed by atoms with van der Waals surface area (Å²) in [5, 5.41) is 9.19. The number of aliphatic hydroxyl groups is 1. The third-order valence-electron chi connectivity index (χ3n) is 5.61. The minimum atomic E-state index is -0.268. The summed E-state index contributed by atoms with van der Waals surface area (Å²) in [6.07, 6.45) is 3.68. The van der Waals surface area contributed by atoms with Crippen molar-refractivity contribution in [2.24, 2.45) is 10.7 Å². The topological polar surface area (TPSA) is 105 Å². The molecule has 1 aliphatic heterocycles. The van der Waals surface area contributed by atoms with Crippen LogP contribution < -0.4 is 5.73 Å². The van der Waals surface area contributed by atoms with Crippen molar-refractivity contribution in [2.45, 2.75) is 39.5 Å². The molecule has 7 heteroatoms. The monoisotopic (exact) mass is 463 g/mol. The molecule has 3 rings (SSSR count). The molecule has 34 heavy (non-hydrogen) atoms. The number of benzene rings is 2. The van der Waals surface area contributed by atoms with Crippen LogP contribution in [-0.2, 0) is 20.7 Å². The van der Waals surface area contributed by atoms with Crippen molar-refractivity contribution in [3.05, 3.63) is 59.2 Å². The van der Waals surface area contributed by atoms with E-state index in [1.807, 2.05) is 55.5 Å². The third kappa shape index (κ3) is 6.32. The molecular weight excluding hydrogens is 430 g/mol. The number of amides is 1. The van der Waals surface area contributed by atoms with Gasteiger partial charge in [-0.15, -0.1) is 0 Å². The van der Waals surface area contributed by atoms with Crippen LogP contribution in [0.1, 0.15) is 44.2 Å². The van der Waals surface area contributed by atoms with Crippen LogP contribution in [0.3, 0.4) is 0 Å². The first kappa shape index (κ1) is 25.2. The van der Waals surface area contributed by atoms with Gasteiger partial charge < -0.3 is 20.5 Å². The van der Waals surface area contributed by atoms with Crippen LogP contribution in [0, 0.1) is 0 Å². The normalized spacial score (nSPS) is 12.8. The van der Waals surface area contributed by atoms with Crippen molar-refractivity contribution in [2.75, 3.05) is 26.3 Å². The molecule has 2 aromatic carbocycles. The van der Waals surface area contributed by atoms with E-state index in [1.165, 1.54) is 0 Å². The summed E-state index contributed by atoms with van der Waals surface area (Å²) in [7, 11) is 0. The largest absolute Gasteiger partial charge is 0.466 e. The highest BCUT2D eigenvalue weighted by Gasteiger charge is 2.21. The Morgan fingerprint density at radius 2 is 1.94 bits per heavy atom. The molecule has 0 radical (unpaired) electrons. The van der Waals surface area contributed by atoms with Gasteiger partial charge in [0.05, 0.1) is 18.7 Å². The molecule has 1 heterocycles. The Hall–Kier alpha value is -3.45. The molecule has 0 atom stereocenters. The highest BCUT2D eigenvalue weighted by molar-refractivity contribution is 6.05. The second-order valence-electron chi connectivity index (χ2n) is 8.23. The van der Waals surface area contributed by atoms with Gasteiger partial charge in [-0.05, 0) is 48.6 Å². The van der Waals surface area contributed by atoms with Gasteiger partial charge >= 0.3 is 5.97 Å². The Bertz CT molecular complexity index is 1090. The van der Waals surface area contributed by atoms with E-state index in [0.29, 0.717) is 43.2 Å². The average Bonchev–Trinajstić information content (AvgIpc) is 2.99. The average molecular weight is 464 g/mol. The van der Waals surface area contributed by atoms with Crippen LogP contribution >= 0.6 is 0 Å². The SMILES string of the molecule is CCCN(CCCO)C(=O)C1=Cc2ccc(-c3ccccc3CC(=O)OCC)cc2N=C(N)C1. The molecular formula is C27H33N3O4. The molecule has 0 fully saturated rings. The summed E-state index contributed by atoms with van der Waals surface area (Å²) < 4.78 is 5.12. The van der Waals surface area contributed by atoms with E-state index in [0.717, 1.165) is 28.7 Å². The fraction of sp³-hybridized carbons (Fsp3) is 0.370. The van der Waals surface area contributed by atoms with Gasteiger partial charge in [0, 0.05) is 37.3 Å². The Morgan fingerprint density at radius 3 is 2.68 bits per heavy atom. The predicted octanol–water partition coefficient (Wildman–Crippen LogP) is 3.86. The molecule has 0 spiro atoms. The quantitative estimate of drug-likeness (QED) is 0.521. The second-order valence-corrected chi connectivity index (χ2v) is 8.23. The zero-order valence-electron chi connectivity index (χ0n) is 19.9. The van der Waals surface area contributed by atoms with Gasteiger partial charge in [-0.1, -0.05) is 43.3 Å². The third-order valence-corrected chi connectivity index (χ3v) is 5.61. The number of nitrogens with two attached hydrogens (primary N) is 1. The van der Waals surface area contributed by atoms with Gasteiger partial charge in [-0.2, -0.15) is 0 Å². The molecule has 1 amide bonds. The first-order chi connectivity index (χ1) is 16.5. The molecule has 1 aliphatic rings. The fourth-order valence-corrected chi connectivity index (χ4v) is 4.07. The Morgan fingerprint density at radius 1 is 1.15 bits per heavy atom. The number of hydrogen-bond acceptors (Lipinski definition) is 6. The number of rotatable bonds is 10. The van der Waals surface area contributed by atoms with Crippen molar-refractivity contribution < 1.29 is 19.4 Å². The number of aliphatic imine (C=N–C) groups is 1. The van der Waals surface area contributed by atoms with Gasteiger partial charge in [0.25, 0.3) is 0 Å². The maximum atomic E-state index is 13.2. The maximum Gasteiger partial charge on any atom is 0.310 e. The first-order valence-electron chi connectivity index (χ1n) is 11.8. The van der Waals surface area contributed by atoms with E-state index in [1.54, 1.807) is 11.8 Å². The molecule has 180 valence electrons. The van der Waals surface area contributed by atoms with E-state index < -0.39 is 0 Å². The van der Waals surface area contributed by atoms with E-state index in [4.69, 9.17) is 10.5 Å². The smallest absolute Gasteiger partial charge is 0.310 e. The molecule has 0 unspecified atom stereocenters. The van der Waals surface area contributed by atoms with Crippen molar-refractivity contribution >= 4 is 29.5 Å². The van der Waals surface area contributed by atoms with Crippen LogP contribution in [0.15, 0.2) is 53.0 Å². The first-order valence-corrected chi connectivity index (χ1v) is 11.8. The number of esters is 1. The highest BCUT2D eigenvalue weighted by Crippen LogP contribution is 2.33. The number of fused-ring (bicyclic) bond motifs is 1. The summed E-state index contributed by atoms with van der Waals surface area (Å²) in [6.45, 7) is 5.32. The lowest BCUT2D eigenvalue weighted by Gasteiger charge is -2.23. The lowest BCUT2D eigenvalue weighted by Crippen LogP contribution is -2.35. The zero-order valence-corrected chi connectivity index (χ0v) is 19.9. The number of ether oxygens (including phenoxy) is 1. The van der Waals surface area contributed by atoms with E-state index in [2.05, 4.69) is 4.99 Å². The molecule has 0 saturated carbocycles. The Kier molecular flexibility index (Phi) is 8.99. The summed E-state index contributed by atoms with van der Waals surface area (Å²) in [5.41, 5.74) is 11.0. The molecule has 0 aliphatic carbocycles. The highest BCUT2D eigenvalue weighted by atomic mass is 16.5. The molecule has 2 aromatic rings. The zero-order chi connectivity index (χ0) is 24.5. The number of aliphatic hydroxyl groups excluding tert-OH is 1. The van der Waals surface area contributed by atoms with Crippen molar-refractivity contribution in [3.63, 3.8) is 0 Å². The number of carbonyl (C=O) groups excluding carboxylic acids is 2. The lowest BCUT2D eigenvalue weighted by molar-refractivity contribution is -0.142. The second kappa shape index (κ2) is 12.1. The molecule has 7 nitrogen and oxygen atoms in total. The minimum Gasteiger partial charge on any atom is -0.466 e. The van der Waals surface area contributed by atoms with E-state index in [9.17, 15) is 14.7 Å². The maximum absolute atomic E-state index is 13.2. The number of amidine groups is 1. The van der Waals surface area contributed by atoms with Crippen molar-refractivity contribution in [1.29, 1.82) is 0 Å². The van der Waals surface area contributed by atoms with Gasteiger partial charge in [0.2, 0.25) is 5.91 Å². The van der Waals surface area contributed by atoms with E-state index in [-0.39, 0.29) is 31.3 Å². The van der Waals surface area contributed by atoms with Gasteiger partial charge in [0.15, 0.2) is 0 Å². The van der Waals surface area contributed by atoms with Crippen LogP contribution in [-0.4, -0.2) is 54.0 Å². The van der Waals surface area contributed by atoms with Crippen LogP contribution in [0.25, 0.3) is 17.2 Å². The van der Waals surface area contributed by atoms with Gasteiger partial charge in [-0.3, -0.25) is 9.59 Å². The predicted molar refractivity (Wildman–Crippen MR) is 135 cm³/mol. The lowest BCUT2D eigenvalue weighted by atomic mass is 9.95. The van der Waals surface area contributed by atoms with Crippen LogP contribution in [0.2, 0.25) is 0 Å². The molecule has 3 N–H and O–H groups in total. The van der Waals surface area contributed by atoms with Crippen molar-refractivity contribution in [3.8, 4) is 11.1 Å². The summed E-state index contributed by atoms with van der Waals surface area (Å²) >= 11 is 0. The van der Waals surface area contributed by atoms with Crippen LogP contribution in [0.5, 0.6) is 0 Å². The van der Waals surface area contributed by atoms with Crippen LogP contribution in [0.4, 0.5) is 5.69 Å². The summed E-state index contributed by atoms with van der Waals surface area (Å²) in [6, 6.07) is 13.5. The molecule has 0 bridgehead atoms. The minimum absolute atomic E-state index is 0.0411. The number of nitrogens with zero attached hydrogens (tertiary/aromatic N) is 2. The van der Waals surface area contributed by atoms with Gasteiger partial charge in [-0.25, -0.2) is 4.99 Å². The Labute approximate surface area is 200 Å². The Balaban J connectivity index is 1.94. The standard InChI is InChI=1S/C27H33N3O4/c1-3-12-30(13-7-14-31)27(33)22-15-21-11-10-20(16-24(21)29-25(28)17-22)23-9-6-5-8-19(23)18-26(32)34-4-2/h5-6,8-11,15-16,31H,3-4,7,12-14,17-18H2,1-2H3,(H2,28,29).